The third-order valence-corrected chi connectivity index (χ3v) is 2.01. The second-order valence-electron chi connectivity index (χ2n) is 3.12. The fourth-order valence-electron chi connectivity index (χ4n) is 1.18. The molecule has 2 N–H and O–H groups in total. The fraction of sp³-hybridized carbons (Fsp3) is 0.273. The molecule has 0 saturated carbocycles. The second kappa shape index (κ2) is 5.26. The minimum Gasteiger partial charge on any atom is -0.468 e. The van der Waals surface area contributed by atoms with E-state index in [0.29, 0.717) is 5.56 Å². The molecule has 1 rings (SSSR count). The van der Waals surface area contributed by atoms with Gasteiger partial charge in [-0.3, -0.25) is 9.59 Å². The average molecular weight is 207 g/mol. The standard InChI is InChI=1S/C11H13NO3/c1-15-11(14)9(12)7-10(13)8-5-3-2-4-6-8/h2-6,9H,7,12H2,1H3. The van der Waals surface area contributed by atoms with Gasteiger partial charge in [0.1, 0.15) is 6.04 Å². The van der Waals surface area contributed by atoms with Gasteiger partial charge in [-0.1, -0.05) is 30.3 Å². The zero-order valence-electron chi connectivity index (χ0n) is 8.47. The van der Waals surface area contributed by atoms with Crippen LogP contribution < -0.4 is 5.73 Å². The molecule has 1 aromatic rings. The number of hydrogen-bond acceptors (Lipinski definition) is 4. The lowest BCUT2D eigenvalue weighted by atomic mass is 10.0. The van der Waals surface area contributed by atoms with Crippen LogP contribution in [0.2, 0.25) is 0 Å². The van der Waals surface area contributed by atoms with Crippen molar-refractivity contribution in [2.24, 2.45) is 5.73 Å². The first-order chi connectivity index (χ1) is 7.15. The summed E-state index contributed by atoms with van der Waals surface area (Å²) >= 11 is 0. The third kappa shape index (κ3) is 3.18. The lowest BCUT2D eigenvalue weighted by Gasteiger charge is -2.07. The van der Waals surface area contributed by atoms with E-state index in [4.69, 9.17) is 5.73 Å². The number of rotatable bonds is 4. The number of Topliss-reactive ketones (excluding diaryl/α,β-unsaturated/α-hetero) is 1. The summed E-state index contributed by atoms with van der Waals surface area (Å²) in [6, 6.07) is 7.83. The van der Waals surface area contributed by atoms with E-state index in [-0.39, 0.29) is 12.2 Å². The Balaban J connectivity index is 2.61. The largest absolute Gasteiger partial charge is 0.468 e. The van der Waals surface area contributed by atoms with Crippen LogP contribution in [-0.2, 0) is 9.53 Å². The highest BCUT2D eigenvalue weighted by Gasteiger charge is 2.18. The number of carbonyl (C=O) groups excluding carboxylic acids is 2. The SMILES string of the molecule is COC(=O)C(N)CC(=O)c1ccccc1. The molecule has 0 aromatic heterocycles. The summed E-state index contributed by atoms with van der Waals surface area (Å²) in [6.45, 7) is 0. The normalized spacial score (nSPS) is 11.9. The Morgan fingerprint density at radius 2 is 1.93 bits per heavy atom. The Hall–Kier alpha value is -1.68. The predicted molar refractivity (Wildman–Crippen MR) is 55.4 cm³/mol. The third-order valence-electron chi connectivity index (χ3n) is 2.01. The zero-order chi connectivity index (χ0) is 11.3. The van der Waals surface area contributed by atoms with Crippen molar-refractivity contribution in [2.45, 2.75) is 12.5 Å². The number of benzene rings is 1. The molecule has 0 heterocycles. The van der Waals surface area contributed by atoms with Crippen LogP contribution in [0.15, 0.2) is 30.3 Å². The smallest absolute Gasteiger partial charge is 0.323 e. The van der Waals surface area contributed by atoms with Crippen LogP contribution in [-0.4, -0.2) is 24.9 Å². The summed E-state index contributed by atoms with van der Waals surface area (Å²) in [6.07, 6.45) is -0.0311. The number of carbonyl (C=O) groups is 2. The molecule has 0 saturated heterocycles. The van der Waals surface area contributed by atoms with E-state index < -0.39 is 12.0 Å². The van der Waals surface area contributed by atoms with Crippen molar-refractivity contribution in [3.63, 3.8) is 0 Å². The van der Waals surface area contributed by atoms with Crippen molar-refractivity contribution in [3.8, 4) is 0 Å². The maximum absolute atomic E-state index is 11.6. The van der Waals surface area contributed by atoms with Gasteiger partial charge in [-0.15, -0.1) is 0 Å². The van der Waals surface area contributed by atoms with Gasteiger partial charge in [-0.05, 0) is 0 Å². The van der Waals surface area contributed by atoms with Gasteiger partial charge < -0.3 is 10.5 Å². The molecule has 4 nitrogen and oxygen atoms in total. The summed E-state index contributed by atoms with van der Waals surface area (Å²) in [5, 5.41) is 0. The average Bonchev–Trinajstić information content (AvgIpc) is 2.29. The highest BCUT2D eigenvalue weighted by atomic mass is 16.5. The van der Waals surface area contributed by atoms with E-state index in [9.17, 15) is 9.59 Å². The lowest BCUT2D eigenvalue weighted by Crippen LogP contribution is -2.33. The Bertz CT molecular complexity index is 348. The van der Waals surface area contributed by atoms with Crippen molar-refractivity contribution in [1.29, 1.82) is 0 Å². The van der Waals surface area contributed by atoms with Gasteiger partial charge in [0.2, 0.25) is 0 Å². The van der Waals surface area contributed by atoms with Gasteiger partial charge >= 0.3 is 5.97 Å². The first kappa shape index (κ1) is 11.4. The molecule has 0 fully saturated rings. The molecule has 1 atom stereocenters. The number of esters is 1. The Labute approximate surface area is 88.0 Å². The molecule has 0 bridgehead atoms. The highest BCUT2D eigenvalue weighted by molar-refractivity contribution is 5.98. The summed E-state index contributed by atoms with van der Waals surface area (Å²) < 4.78 is 4.43. The number of ketones is 1. The van der Waals surface area contributed by atoms with Crippen molar-refractivity contribution < 1.29 is 14.3 Å². The monoisotopic (exact) mass is 207 g/mol. The second-order valence-corrected chi connectivity index (χ2v) is 3.12. The van der Waals surface area contributed by atoms with Gasteiger partial charge in [0.25, 0.3) is 0 Å². The lowest BCUT2D eigenvalue weighted by molar-refractivity contribution is -0.142. The van der Waals surface area contributed by atoms with Crippen LogP contribution in [0.4, 0.5) is 0 Å². The van der Waals surface area contributed by atoms with Crippen molar-refractivity contribution in [3.05, 3.63) is 35.9 Å². The predicted octanol–water partition coefficient (Wildman–Crippen LogP) is 0.760. The first-order valence-corrected chi connectivity index (χ1v) is 4.57. The molecule has 15 heavy (non-hydrogen) atoms. The van der Waals surface area contributed by atoms with Gasteiger partial charge in [-0.25, -0.2) is 0 Å². The van der Waals surface area contributed by atoms with E-state index in [1.807, 2.05) is 6.07 Å². The summed E-state index contributed by atoms with van der Waals surface area (Å²) in [7, 11) is 1.25. The maximum atomic E-state index is 11.6. The van der Waals surface area contributed by atoms with Gasteiger partial charge in [0.15, 0.2) is 5.78 Å². The van der Waals surface area contributed by atoms with Crippen LogP contribution in [0.1, 0.15) is 16.8 Å². The van der Waals surface area contributed by atoms with Gasteiger partial charge in [0, 0.05) is 12.0 Å². The molecule has 0 aliphatic heterocycles. The quantitative estimate of drug-likeness (QED) is 0.584. The number of ether oxygens (including phenoxy) is 1. The van der Waals surface area contributed by atoms with E-state index in [1.165, 1.54) is 7.11 Å². The van der Waals surface area contributed by atoms with Crippen LogP contribution in [0, 0.1) is 0 Å². The molecule has 1 aromatic carbocycles. The Kier molecular flexibility index (Phi) is 4.00. The molecule has 4 heteroatoms. The van der Waals surface area contributed by atoms with Crippen molar-refractivity contribution in [2.75, 3.05) is 7.11 Å². The van der Waals surface area contributed by atoms with Crippen molar-refractivity contribution in [1.82, 2.24) is 0 Å². The molecule has 0 spiro atoms. The van der Waals surface area contributed by atoms with Crippen LogP contribution in [0.25, 0.3) is 0 Å². The van der Waals surface area contributed by atoms with Crippen LogP contribution in [0.5, 0.6) is 0 Å². The van der Waals surface area contributed by atoms with Crippen molar-refractivity contribution >= 4 is 11.8 Å². The van der Waals surface area contributed by atoms with Crippen LogP contribution >= 0.6 is 0 Å². The molecule has 1 unspecified atom stereocenters. The molecule has 0 amide bonds. The maximum Gasteiger partial charge on any atom is 0.323 e. The van der Waals surface area contributed by atoms with E-state index in [2.05, 4.69) is 4.74 Å². The van der Waals surface area contributed by atoms with E-state index >= 15 is 0 Å². The minimum atomic E-state index is -0.886. The Morgan fingerprint density at radius 1 is 1.33 bits per heavy atom. The molecule has 80 valence electrons. The molecular formula is C11H13NO3. The summed E-state index contributed by atoms with van der Waals surface area (Å²) in [5.41, 5.74) is 6.02. The zero-order valence-corrected chi connectivity index (χ0v) is 8.47. The number of nitrogens with two attached hydrogens (primary N) is 1. The van der Waals surface area contributed by atoms with Crippen LogP contribution in [0.3, 0.4) is 0 Å². The fourth-order valence-corrected chi connectivity index (χ4v) is 1.18. The highest BCUT2D eigenvalue weighted by Crippen LogP contribution is 2.05. The molecule has 0 radical (unpaired) electrons. The van der Waals surface area contributed by atoms with Gasteiger partial charge in [-0.2, -0.15) is 0 Å². The molecule has 0 aliphatic rings. The summed E-state index contributed by atoms with van der Waals surface area (Å²) in [4.78, 5) is 22.6. The number of hydrogen-bond donors (Lipinski definition) is 1. The van der Waals surface area contributed by atoms with E-state index in [1.54, 1.807) is 24.3 Å². The Morgan fingerprint density at radius 3 is 2.47 bits per heavy atom. The van der Waals surface area contributed by atoms with E-state index in [0.717, 1.165) is 0 Å². The minimum absolute atomic E-state index is 0.0311. The molecular weight excluding hydrogens is 194 g/mol. The first-order valence-electron chi connectivity index (χ1n) is 4.57. The topological polar surface area (TPSA) is 69.4 Å². The molecule has 0 aliphatic carbocycles. The van der Waals surface area contributed by atoms with Gasteiger partial charge in [0.05, 0.1) is 7.11 Å². The number of methoxy groups -OCH3 is 1. The summed E-state index contributed by atoms with van der Waals surface area (Å²) in [5.74, 6) is -0.729.